The molecule has 0 radical (unpaired) electrons. The summed E-state index contributed by atoms with van der Waals surface area (Å²) in [5, 5.41) is 10.8. The lowest BCUT2D eigenvalue weighted by molar-refractivity contribution is 0.101. The highest BCUT2D eigenvalue weighted by Crippen LogP contribution is 2.29. The lowest BCUT2D eigenvalue weighted by atomic mass is 10.0. The maximum absolute atomic E-state index is 11.4. The van der Waals surface area contributed by atoms with Crippen molar-refractivity contribution in [1.82, 2.24) is 4.98 Å². The molecular weight excluding hydrogens is 276 g/mol. The molecule has 4 nitrogen and oxygen atoms in total. The number of fused-ring (bicyclic) bond motifs is 1. The third-order valence-corrected chi connectivity index (χ3v) is 3.67. The minimum Gasteiger partial charge on any atom is -0.507 e. The minimum atomic E-state index is -0.168. The fourth-order valence-corrected chi connectivity index (χ4v) is 2.40. The highest BCUT2D eigenvalue weighted by Gasteiger charge is 2.09. The maximum Gasteiger partial charge on any atom is 0.178 e. The zero-order chi connectivity index (χ0) is 15.7. The van der Waals surface area contributed by atoms with Gasteiger partial charge in [0.05, 0.1) is 5.52 Å². The van der Waals surface area contributed by atoms with Crippen LogP contribution in [0.15, 0.2) is 48.5 Å². The van der Waals surface area contributed by atoms with Crippen molar-refractivity contribution in [3.63, 3.8) is 0 Å². The molecule has 0 atom stereocenters. The summed E-state index contributed by atoms with van der Waals surface area (Å²) in [7, 11) is 0. The molecule has 0 aliphatic heterocycles. The van der Waals surface area contributed by atoms with Crippen molar-refractivity contribution in [2.45, 2.75) is 13.5 Å². The number of hydrogen-bond acceptors (Lipinski definition) is 4. The van der Waals surface area contributed by atoms with Gasteiger partial charge in [0, 0.05) is 24.9 Å². The van der Waals surface area contributed by atoms with Gasteiger partial charge in [-0.2, -0.15) is 0 Å². The van der Waals surface area contributed by atoms with E-state index in [1.54, 1.807) is 0 Å². The Labute approximate surface area is 128 Å². The number of pyridine rings is 1. The number of Topliss-reactive ketones (excluding diaryl/α,β-unsaturated/α-hetero) is 1. The van der Waals surface area contributed by atoms with Gasteiger partial charge in [-0.05, 0) is 28.8 Å². The van der Waals surface area contributed by atoms with Crippen LogP contribution in [-0.2, 0) is 6.54 Å². The van der Waals surface area contributed by atoms with E-state index in [2.05, 4.69) is 4.98 Å². The Bertz CT molecular complexity index is 855. The normalized spacial score (nSPS) is 10.8. The van der Waals surface area contributed by atoms with Gasteiger partial charge < -0.3 is 10.8 Å². The van der Waals surface area contributed by atoms with Crippen LogP contribution < -0.4 is 5.73 Å². The number of benzene rings is 2. The molecule has 22 heavy (non-hydrogen) atoms. The van der Waals surface area contributed by atoms with E-state index in [0.29, 0.717) is 17.4 Å². The van der Waals surface area contributed by atoms with Gasteiger partial charge in [-0.25, -0.2) is 4.98 Å². The van der Waals surface area contributed by atoms with E-state index in [9.17, 15) is 9.90 Å². The molecule has 0 spiro atoms. The van der Waals surface area contributed by atoms with Crippen LogP contribution in [0.1, 0.15) is 23.0 Å². The molecule has 1 heterocycles. The summed E-state index contributed by atoms with van der Waals surface area (Å²) in [4.78, 5) is 15.7. The smallest absolute Gasteiger partial charge is 0.178 e. The van der Waals surface area contributed by atoms with E-state index < -0.39 is 0 Å². The maximum atomic E-state index is 11.4. The molecule has 0 saturated carbocycles. The number of nitrogens with two attached hydrogens (primary N) is 1. The average Bonchev–Trinajstić information content (AvgIpc) is 2.54. The molecule has 0 aliphatic rings. The molecule has 110 valence electrons. The van der Waals surface area contributed by atoms with E-state index >= 15 is 0 Å². The molecule has 0 bridgehead atoms. The molecule has 0 amide bonds. The Kier molecular flexibility index (Phi) is 3.61. The van der Waals surface area contributed by atoms with E-state index in [1.165, 1.54) is 13.0 Å². The van der Waals surface area contributed by atoms with Crippen molar-refractivity contribution in [2.24, 2.45) is 5.73 Å². The summed E-state index contributed by atoms with van der Waals surface area (Å²) in [5.74, 6) is -0.103. The first kappa shape index (κ1) is 14.2. The lowest BCUT2D eigenvalue weighted by Gasteiger charge is -2.07. The largest absolute Gasteiger partial charge is 0.507 e. The molecule has 1 aromatic heterocycles. The van der Waals surface area contributed by atoms with E-state index in [0.717, 1.165) is 16.7 Å². The molecule has 3 aromatic rings. The Hall–Kier alpha value is -2.72. The first-order valence-corrected chi connectivity index (χ1v) is 7.02. The second-order valence-corrected chi connectivity index (χ2v) is 5.22. The number of nitrogens with zero attached hydrogens (tertiary/aromatic N) is 1. The van der Waals surface area contributed by atoms with Crippen LogP contribution in [-0.4, -0.2) is 15.9 Å². The second-order valence-electron chi connectivity index (χ2n) is 5.22. The first-order valence-electron chi connectivity index (χ1n) is 7.02. The Balaban J connectivity index is 2.11. The summed E-state index contributed by atoms with van der Waals surface area (Å²) < 4.78 is 0. The van der Waals surface area contributed by atoms with Gasteiger partial charge in [-0.1, -0.05) is 30.3 Å². The van der Waals surface area contributed by atoms with Crippen LogP contribution in [0, 0.1) is 0 Å². The van der Waals surface area contributed by atoms with Gasteiger partial charge in [0.2, 0.25) is 0 Å². The number of rotatable bonds is 3. The topological polar surface area (TPSA) is 76.2 Å². The molecule has 0 fully saturated rings. The standard InChI is InChI=1S/C18H16N2O2/c1-11(21)17-9-18(22)15-8-14(6-7-16(15)20-17)13-4-2-12(10-19)3-5-13/h2-9H,10,19H2,1H3,(H,20,22). The summed E-state index contributed by atoms with van der Waals surface area (Å²) in [6.07, 6.45) is 0. The van der Waals surface area contributed by atoms with E-state index in [4.69, 9.17) is 5.73 Å². The summed E-state index contributed by atoms with van der Waals surface area (Å²) >= 11 is 0. The van der Waals surface area contributed by atoms with Crippen molar-refractivity contribution >= 4 is 16.7 Å². The quantitative estimate of drug-likeness (QED) is 0.726. The predicted octanol–water partition coefficient (Wildman–Crippen LogP) is 3.27. The Morgan fingerprint density at radius 2 is 1.77 bits per heavy atom. The molecule has 3 rings (SSSR count). The van der Waals surface area contributed by atoms with Gasteiger partial charge in [0.25, 0.3) is 0 Å². The Morgan fingerprint density at radius 1 is 1.09 bits per heavy atom. The first-order chi connectivity index (χ1) is 10.6. The molecular formula is C18H16N2O2. The average molecular weight is 292 g/mol. The van der Waals surface area contributed by atoms with Gasteiger partial charge in [-0.15, -0.1) is 0 Å². The van der Waals surface area contributed by atoms with Gasteiger partial charge in [0.15, 0.2) is 5.78 Å². The fraction of sp³-hybridized carbons (Fsp3) is 0.111. The molecule has 4 heteroatoms. The van der Waals surface area contributed by atoms with Gasteiger partial charge >= 0.3 is 0 Å². The van der Waals surface area contributed by atoms with Crippen LogP contribution in [0.5, 0.6) is 5.75 Å². The highest BCUT2D eigenvalue weighted by molar-refractivity contribution is 5.97. The number of ketones is 1. The number of hydrogen-bond donors (Lipinski definition) is 2. The van der Waals surface area contributed by atoms with Crippen molar-refractivity contribution < 1.29 is 9.90 Å². The van der Waals surface area contributed by atoms with Crippen LogP contribution in [0.3, 0.4) is 0 Å². The molecule has 0 saturated heterocycles. The van der Waals surface area contributed by atoms with Gasteiger partial charge in [-0.3, -0.25) is 4.79 Å². The zero-order valence-electron chi connectivity index (χ0n) is 12.2. The molecule has 3 N–H and O–H groups in total. The summed E-state index contributed by atoms with van der Waals surface area (Å²) in [6, 6.07) is 15.0. The van der Waals surface area contributed by atoms with E-state index in [-0.39, 0.29) is 17.2 Å². The molecule has 2 aromatic carbocycles. The summed E-state index contributed by atoms with van der Waals surface area (Å²) in [6.45, 7) is 1.94. The molecule has 0 unspecified atom stereocenters. The molecule has 0 aliphatic carbocycles. The minimum absolute atomic E-state index is 0.0654. The zero-order valence-corrected chi connectivity index (χ0v) is 12.2. The third-order valence-electron chi connectivity index (χ3n) is 3.67. The third kappa shape index (κ3) is 2.56. The number of aromatic nitrogens is 1. The van der Waals surface area contributed by atoms with Crippen molar-refractivity contribution in [3.8, 4) is 16.9 Å². The number of aromatic hydroxyl groups is 1. The van der Waals surface area contributed by atoms with Crippen molar-refractivity contribution in [2.75, 3.05) is 0 Å². The van der Waals surface area contributed by atoms with Crippen molar-refractivity contribution in [1.29, 1.82) is 0 Å². The van der Waals surface area contributed by atoms with Crippen LogP contribution >= 0.6 is 0 Å². The van der Waals surface area contributed by atoms with E-state index in [1.807, 2.05) is 42.5 Å². The van der Waals surface area contributed by atoms with Crippen LogP contribution in [0.2, 0.25) is 0 Å². The van der Waals surface area contributed by atoms with Crippen molar-refractivity contribution in [3.05, 3.63) is 59.8 Å². The van der Waals surface area contributed by atoms with Crippen LogP contribution in [0.25, 0.3) is 22.0 Å². The predicted molar refractivity (Wildman–Crippen MR) is 86.7 cm³/mol. The van der Waals surface area contributed by atoms with Crippen LogP contribution in [0.4, 0.5) is 0 Å². The second kappa shape index (κ2) is 5.58. The number of carbonyl (C=O) groups is 1. The highest BCUT2D eigenvalue weighted by atomic mass is 16.3. The fourth-order valence-electron chi connectivity index (χ4n) is 2.40. The lowest BCUT2D eigenvalue weighted by Crippen LogP contribution is -1.97. The number of carbonyl (C=O) groups excluding carboxylic acids is 1. The van der Waals surface area contributed by atoms with Gasteiger partial charge in [0.1, 0.15) is 11.4 Å². The summed E-state index contributed by atoms with van der Waals surface area (Å²) in [5.41, 5.74) is 9.56. The Morgan fingerprint density at radius 3 is 2.41 bits per heavy atom. The SMILES string of the molecule is CC(=O)c1cc(O)c2cc(-c3ccc(CN)cc3)ccc2n1. The monoisotopic (exact) mass is 292 g/mol.